The monoisotopic (exact) mass is 317 g/mol. The molecule has 122 valence electrons. The maximum absolute atomic E-state index is 12.4. The number of carboxylic acids is 1. The first-order valence-electron chi connectivity index (χ1n) is 7.20. The van der Waals surface area contributed by atoms with E-state index in [-0.39, 0.29) is 5.56 Å². The molecule has 3 heterocycles. The van der Waals surface area contributed by atoms with Crippen LogP contribution in [0, 0.1) is 0 Å². The SMILES string of the molecule is C=Cc1c(N2CCOCC2)nc2ccccn2c1=O.CC(=O)O. The van der Waals surface area contributed by atoms with Crippen LogP contribution in [-0.2, 0) is 9.53 Å². The molecule has 23 heavy (non-hydrogen) atoms. The molecule has 2 aromatic heterocycles. The smallest absolute Gasteiger partial charge is 0.300 e. The Kier molecular flexibility index (Phi) is 5.48. The number of morpholine rings is 1. The maximum atomic E-state index is 12.4. The summed E-state index contributed by atoms with van der Waals surface area (Å²) in [4.78, 5) is 28.1. The molecule has 2 aromatic rings. The summed E-state index contributed by atoms with van der Waals surface area (Å²) in [7, 11) is 0. The number of ether oxygens (including phenoxy) is 1. The zero-order chi connectivity index (χ0) is 16.8. The van der Waals surface area contributed by atoms with E-state index in [4.69, 9.17) is 14.6 Å². The summed E-state index contributed by atoms with van der Waals surface area (Å²) in [5, 5.41) is 7.42. The summed E-state index contributed by atoms with van der Waals surface area (Å²) < 4.78 is 6.88. The Morgan fingerprint density at radius 3 is 2.65 bits per heavy atom. The number of hydrogen-bond donors (Lipinski definition) is 1. The summed E-state index contributed by atoms with van der Waals surface area (Å²) in [5.74, 6) is -0.130. The molecule has 0 radical (unpaired) electrons. The van der Waals surface area contributed by atoms with Crippen molar-refractivity contribution in [2.75, 3.05) is 31.2 Å². The predicted octanol–water partition coefficient (Wildman–Crippen LogP) is 1.26. The standard InChI is InChI=1S/C14H15N3O2.C2H4O2/c1-2-11-13(16-7-9-19-10-8-16)15-12-5-3-4-6-17(12)14(11)18;1-2(3)4/h2-6H,1,7-10H2;1H3,(H,3,4). The van der Waals surface area contributed by atoms with Crippen LogP contribution in [0.1, 0.15) is 12.5 Å². The van der Waals surface area contributed by atoms with Gasteiger partial charge in [-0.2, -0.15) is 0 Å². The summed E-state index contributed by atoms with van der Waals surface area (Å²) in [6, 6.07) is 5.52. The molecular formula is C16H19N3O4. The first kappa shape index (κ1) is 16.7. The molecule has 0 spiro atoms. The minimum atomic E-state index is -0.833. The van der Waals surface area contributed by atoms with Gasteiger partial charge in [-0.25, -0.2) is 4.98 Å². The van der Waals surface area contributed by atoms with E-state index in [0.29, 0.717) is 30.2 Å². The fourth-order valence-corrected chi connectivity index (χ4v) is 2.29. The predicted molar refractivity (Wildman–Crippen MR) is 87.9 cm³/mol. The van der Waals surface area contributed by atoms with E-state index >= 15 is 0 Å². The number of aliphatic carboxylic acids is 1. The van der Waals surface area contributed by atoms with E-state index < -0.39 is 5.97 Å². The summed E-state index contributed by atoms with van der Waals surface area (Å²) in [6.07, 6.45) is 3.31. The van der Waals surface area contributed by atoms with Gasteiger partial charge in [-0.15, -0.1) is 0 Å². The van der Waals surface area contributed by atoms with E-state index in [1.54, 1.807) is 16.7 Å². The van der Waals surface area contributed by atoms with Crippen LogP contribution in [0.15, 0.2) is 35.8 Å². The molecule has 1 fully saturated rings. The van der Waals surface area contributed by atoms with Gasteiger partial charge in [0.1, 0.15) is 11.5 Å². The Morgan fingerprint density at radius 1 is 1.39 bits per heavy atom. The number of pyridine rings is 1. The summed E-state index contributed by atoms with van der Waals surface area (Å²) in [5.41, 5.74) is 1.12. The highest BCUT2D eigenvalue weighted by atomic mass is 16.5. The largest absolute Gasteiger partial charge is 0.481 e. The van der Waals surface area contributed by atoms with Crippen molar-refractivity contribution in [3.63, 3.8) is 0 Å². The van der Waals surface area contributed by atoms with Gasteiger partial charge in [0.2, 0.25) is 0 Å². The normalized spacial score (nSPS) is 14.0. The average Bonchev–Trinajstić information content (AvgIpc) is 2.55. The molecule has 0 aliphatic carbocycles. The Balaban J connectivity index is 0.000000433. The first-order chi connectivity index (χ1) is 11.0. The van der Waals surface area contributed by atoms with E-state index in [1.165, 1.54) is 0 Å². The number of hydrogen-bond acceptors (Lipinski definition) is 5. The van der Waals surface area contributed by atoms with E-state index in [0.717, 1.165) is 20.0 Å². The molecule has 1 aliphatic rings. The molecule has 1 saturated heterocycles. The fraction of sp³-hybridized carbons (Fsp3) is 0.312. The van der Waals surface area contributed by atoms with Gasteiger partial charge in [0.05, 0.1) is 18.8 Å². The van der Waals surface area contributed by atoms with Gasteiger partial charge >= 0.3 is 0 Å². The third-order valence-electron chi connectivity index (χ3n) is 3.26. The van der Waals surface area contributed by atoms with Gasteiger partial charge in [-0.1, -0.05) is 18.7 Å². The lowest BCUT2D eigenvalue weighted by Gasteiger charge is -2.28. The quantitative estimate of drug-likeness (QED) is 0.898. The highest BCUT2D eigenvalue weighted by Gasteiger charge is 2.18. The Morgan fingerprint density at radius 2 is 2.04 bits per heavy atom. The van der Waals surface area contributed by atoms with Crippen LogP contribution in [-0.4, -0.2) is 46.8 Å². The Hall–Kier alpha value is -2.67. The van der Waals surface area contributed by atoms with Crippen LogP contribution in [0.3, 0.4) is 0 Å². The summed E-state index contributed by atoms with van der Waals surface area (Å²) in [6.45, 7) is 7.64. The third kappa shape index (κ3) is 3.95. The van der Waals surface area contributed by atoms with E-state index in [9.17, 15) is 4.79 Å². The molecular weight excluding hydrogens is 298 g/mol. The van der Waals surface area contributed by atoms with Gasteiger partial charge in [0, 0.05) is 26.2 Å². The zero-order valence-electron chi connectivity index (χ0n) is 12.9. The van der Waals surface area contributed by atoms with Gasteiger partial charge < -0.3 is 14.7 Å². The molecule has 1 aliphatic heterocycles. The van der Waals surface area contributed by atoms with Crippen LogP contribution in [0.25, 0.3) is 11.7 Å². The molecule has 0 saturated carbocycles. The fourth-order valence-electron chi connectivity index (χ4n) is 2.29. The van der Waals surface area contributed by atoms with E-state index in [2.05, 4.69) is 16.5 Å². The van der Waals surface area contributed by atoms with Crippen molar-refractivity contribution in [2.45, 2.75) is 6.92 Å². The average molecular weight is 317 g/mol. The topological polar surface area (TPSA) is 84.1 Å². The minimum absolute atomic E-state index is 0.0814. The van der Waals surface area contributed by atoms with Crippen molar-refractivity contribution < 1.29 is 14.6 Å². The lowest BCUT2D eigenvalue weighted by atomic mass is 10.2. The molecule has 3 rings (SSSR count). The third-order valence-corrected chi connectivity index (χ3v) is 3.26. The minimum Gasteiger partial charge on any atom is -0.481 e. The number of fused-ring (bicyclic) bond motifs is 1. The van der Waals surface area contributed by atoms with Crippen LogP contribution in [0.5, 0.6) is 0 Å². The van der Waals surface area contributed by atoms with E-state index in [1.807, 2.05) is 18.2 Å². The molecule has 1 N–H and O–H groups in total. The van der Waals surface area contributed by atoms with Crippen molar-refractivity contribution in [1.29, 1.82) is 0 Å². The Bertz CT molecular complexity index is 759. The molecule has 7 nitrogen and oxygen atoms in total. The maximum Gasteiger partial charge on any atom is 0.300 e. The second-order valence-electron chi connectivity index (χ2n) is 4.91. The van der Waals surface area contributed by atoms with Crippen molar-refractivity contribution in [2.24, 2.45) is 0 Å². The second kappa shape index (κ2) is 7.55. The number of anilines is 1. The molecule has 0 amide bonds. The molecule has 0 unspecified atom stereocenters. The number of carbonyl (C=O) groups is 1. The lowest BCUT2D eigenvalue weighted by Crippen LogP contribution is -2.38. The lowest BCUT2D eigenvalue weighted by molar-refractivity contribution is -0.134. The van der Waals surface area contributed by atoms with Crippen LogP contribution < -0.4 is 10.5 Å². The molecule has 0 bridgehead atoms. The van der Waals surface area contributed by atoms with Crippen molar-refractivity contribution in [1.82, 2.24) is 9.38 Å². The molecule has 7 heteroatoms. The summed E-state index contributed by atoms with van der Waals surface area (Å²) >= 11 is 0. The Labute approximate surface area is 133 Å². The molecule has 0 aromatic carbocycles. The van der Waals surface area contributed by atoms with Crippen LogP contribution >= 0.6 is 0 Å². The molecule has 0 atom stereocenters. The highest BCUT2D eigenvalue weighted by Crippen LogP contribution is 2.18. The first-order valence-corrected chi connectivity index (χ1v) is 7.20. The van der Waals surface area contributed by atoms with Gasteiger partial charge in [0.25, 0.3) is 11.5 Å². The van der Waals surface area contributed by atoms with Gasteiger partial charge in [-0.05, 0) is 12.1 Å². The second-order valence-corrected chi connectivity index (χ2v) is 4.91. The van der Waals surface area contributed by atoms with Crippen molar-refractivity contribution in [3.05, 3.63) is 46.9 Å². The highest BCUT2D eigenvalue weighted by molar-refractivity contribution is 5.65. The number of aromatic nitrogens is 2. The number of nitrogens with zero attached hydrogens (tertiary/aromatic N) is 3. The van der Waals surface area contributed by atoms with Crippen molar-refractivity contribution in [3.8, 4) is 0 Å². The zero-order valence-corrected chi connectivity index (χ0v) is 12.9. The van der Waals surface area contributed by atoms with Gasteiger partial charge in [-0.3, -0.25) is 14.0 Å². The number of carboxylic acid groups (broad SMARTS) is 1. The van der Waals surface area contributed by atoms with Crippen LogP contribution in [0.4, 0.5) is 5.82 Å². The van der Waals surface area contributed by atoms with Crippen LogP contribution in [0.2, 0.25) is 0 Å². The number of rotatable bonds is 2. The van der Waals surface area contributed by atoms with Gasteiger partial charge in [0.15, 0.2) is 0 Å². The van der Waals surface area contributed by atoms with Crippen molar-refractivity contribution >= 4 is 23.5 Å².